The zero-order valence-corrected chi connectivity index (χ0v) is 12.3. The smallest absolute Gasteiger partial charge is 0.177 e. The monoisotopic (exact) mass is 283 g/mol. The van der Waals surface area contributed by atoms with Gasteiger partial charge in [0.2, 0.25) is 0 Å². The molecule has 1 heterocycles. The van der Waals surface area contributed by atoms with Gasteiger partial charge in [0.1, 0.15) is 0 Å². The van der Waals surface area contributed by atoms with Crippen LogP contribution in [-0.4, -0.2) is 19.5 Å². The maximum Gasteiger partial charge on any atom is 0.177 e. The Balaban J connectivity index is 1.56. The van der Waals surface area contributed by atoms with Gasteiger partial charge in [0.05, 0.1) is 24.8 Å². The first-order valence-electron chi connectivity index (χ1n) is 7.78. The average molecular weight is 283 g/mol. The van der Waals surface area contributed by atoms with E-state index in [1.807, 2.05) is 12.1 Å². The molecule has 1 saturated carbocycles. The number of allylic oxidation sites excluding steroid dienone is 1. The molecule has 2 fully saturated rings. The fourth-order valence-corrected chi connectivity index (χ4v) is 3.11. The predicted octanol–water partition coefficient (Wildman–Crippen LogP) is 3.91. The number of rotatable bonds is 2. The van der Waals surface area contributed by atoms with Crippen LogP contribution in [0.3, 0.4) is 0 Å². The molecule has 0 bridgehead atoms. The summed E-state index contributed by atoms with van der Waals surface area (Å²) in [5.74, 6) is 0.614. The molecule has 1 aliphatic carbocycles. The molecule has 21 heavy (non-hydrogen) atoms. The maximum absolute atomic E-state index is 8.85. The largest absolute Gasteiger partial charge is 0.349 e. The van der Waals surface area contributed by atoms with E-state index in [1.165, 1.54) is 24.0 Å². The van der Waals surface area contributed by atoms with Gasteiger partial charge in [-0.05, 0) is 61.8 Å². The molecule has 0 aromatic heterocycles. The molecular weight excluding hydrogens is 262 g/mol. The first-order valence-corrected chi connectivity index (χ1v) is 7.78. The number of nitrogens with zero attached hydrogens (tertiary/aromatic N) is 1. The van der Waals surface area contributed by atoms with Gasteiger partial charge in [0.25, 0.3) is 0 Å². The Kier molecular flexibility index (Phi) is 4.69. The summed E-state index contributed by atoms with van der Waals surface area (Å²) < 4.78 is 11.2. The standard InChI is InChI=1S/C18H21NO2/c19-13-15-4-8-17(9-5-15)16-6-2-14(3-7-16)12-18-20-10-1-11-21-18/h4-5,8-9,12,16,18H,1-3,6-7,10-11H2. The number of ether oxygens (including phenoxy) is 2. The third kappa shape index (κ3) is 3.72. The summed E-state index contributed by atoms with van der Waals surface area (Å²) in [6.45, 7) is 1.62. The van der Waals surface area contributed by atoms with Gasteiger partial charge in [0, 0.05) is 0 Å². The summed E-state index contributed by atoms with van der Waals surface area (Å²) in [6, 6.07) is 10.2. The van der Waals surface area contributed by atoms with Crippen LogP contribution >= 0.6 is 0 Å². The first kappa shape index (κ1) is 14.3. The summed E-state index contributed by atoms with van der Waals surface area (Å²) >= 11 is 0. The van der Waals surface area contributed by atoms with Gasteiger partial charge in [-0.15, -0.1) is 0 Å². The molecule has 110 valence electrons. The van der Waals surface area contributed by atoms with Crippen molar-refractivity contribution in [2.24, 2.45) is 0 Å². The minimum atomic E-state index is -0.125. The molecule has 0 atom stereocenters. The fourth-order valence-electron chi connectivity index (χ4n) is 3.11. The van der Waals surface area contributed by atoms with Crippen LogP contribution in [0.15, 0.2) is 35.9 Å². The maximum atomic E-state index is 8.85. The Morgan fingerprint density at radius 2 is 1.71 bits per heavy atom. The van der Waals surface area contributed by atoms with Gasteiger partial charge in [0.15, 0.2) is 6.29 Å². The predicted molar refractivity (Wildman–Crippen MR) is 80.8 cm³/mol. The lowest BCUT2D eigenvalue weighted by atomic mass is 9.81. The molecule has 0 amide bonds. The number of hydrogen-bond donors (Lipinski definition) is 0. The van der Waals surface area contributed by atoms with Crippen molar-refractivity contribution in [2.75, 3.05) is 13.2 Å². The van der Waals surface area contributed by atoms with Crippen LogP contribution < -0.4 is 0 Å². The van der Waals surface area contributed by atoms with Crippen molar-refractivity contribution in [2.45, 2.75) is 44.3 Å². The lowest BCUT2D eigenvalue weighted by molar-refractivity contribution is -0.150. The average Bonchev–Trinajstić information content (AvgIpc) is 2.57. The summed E-state index contributed by atoms with van der Waals surface area (Å²) in [7, 11) is 0. The first-order chi connectivity index (χ1) is 10.3. The zero-order valence-electron chi connectivity index (χ0n) is 12.3. The quantitative estimate of drug-likeness (QED) is 0.773. The van der Waals surface area contributed by atoms with Gasteiger partial charge in [-0.3, -0.25) is 0 Å². The molecule has 1 aliphatic heterocycles. The van der Waals surface area contributed by atoms with Crippen LogP contribution in [-0.2, 0) is 9.47 Å². The van der Waals surface area contributed by atoms with Crippen molar-refractivity contribution in [3.05, 3.63) is 47.0 Å². The van der Waals surface area contributed by atoms with Crippen molar-refractivity contribution in [3.63, 3.8) is 0 Å². The van der Waals surface area contributed by atoms with E-state index in [9.17, 15) is 0 Å². The Labute approximate surface area is 126 Å². The van der Waals surface area contributed by atoms with Crippen LogP contribution in [0.2, 0.25) is 0 Å². The van der Waals surface area contributed by atoms with E-state index in [-0.39, 0.29) is 6.29 Å². The van der Waals surface area contributed by atoms with E-state index in [0.717, 1.165) is 38.0 Å². The van der Waals surface area contributed by atoms with Crippen molar-refractivity contribution in [1.82, 2.24) is 0 Å². The highest BCUT2D eigenvalue weighted by Gasteiger charge is 2.20. The van der Waals surface area contributed by atoms with Crippen LogP contribution in [0.5, 0.6) is 0 Å². The summed E-state index contributed by atoms with van der Waals surface area (Å²) in [6.07, 6.45) is 7.63. The van der Waals surface area contributed by atoms with Crippen LogP contribution in [0.1, 0.15) is 49.1 Å². The molecule has 0 spiro atoms. The van der Waals surface area contributed by atoms with Crippen LogP contribution in [0, 0.1) is 11.3 Å². The number of benzene rings is 1. The molecule has 0 N–H and O–H groups in total. The SMILES string of the molecule is N#Cc1ccc(C2CCC(=CC3OCCCO3)CC2)cc1. The number of nitriles is 1. The van der Waals surface area contributed by atoms with E-state index in [2.05, 4.69) is 24.3 Å². The third-order valence-corrected chi connectivity index (χ3v) is 4.36. The lowest BCUT2D eigenvalue weighted by Crippen LogP contribution is -2.23. The lowest BCUT2D eigenvalue weighted by Gasteiger charge is -2.26. The van der Waals surface area contributed by atoms with Crippen molar-refractivity contribution in [1.29, 1.82) is 5.26 Å². The second-order valence-corrected chi connectivity index (χ2v) is 5.80. The molecule has 0 unspecified atom stereocenters. The van der Waals surface area contributed by atoms with E-state index in [0.29, 0.717) is 5.92 Å². The van der Waals surface area contributed by atoms with Gasteiger partial charge in [-0.1, -0.05) is 17.7 Å². The van der Waals surface area contributed by atoms with Crippen molar-refractivity contribution >= 4 is 0 Å². The van der Waals surface area contributed by atoms with E-state index in [1.54, 1.807) is 0 Å². The second-order valence-electron chi connectivity index (χ2n) is 5.80. The van der Waals surface area contributed by atoms with E-state index >= 15 is 0 Å². The summed E-state index contributed by atoms with van der Waals surface area (Å²) in [5.41, 5.74) is 3.56. The topological polar surface area (TPSA) is 42.2 Å². The highest BCUT2D eigenvalue weighted by atomic mass is 16.7. The highest BCUT2D eigenvalue weighted by molar-refractivity contribution is 5.33. The van der Waals surface area contributed by atoms with Gasteiger partial charge in [-0.2, -0.15) is 5.26 Å². The Morgan fingerprint density at radius 1 is 1.05 bits per heavy atom. The molecular formula is C18H21NO2. The summed E-state index contributed by atoms with van der Waals surface area (Å²) in [4.78, 5) is 0. The second kappa shape index (κ2) is 6.89. The van der Waals surface area contributed by atoms with Crippen molar-refractivity contribution < 1.29 is 9.47 Å². The van der Waals surface area contributed by atoms with Gasteiger partial charge < -0.3 is 9.47 Å². The zero-order chi connectivity index (χ0) is 14.5. The molecule has 1 aromatic rings. The highest BCUT2D eigenvalue weighted by Crippen LogP contribution is 2.35. The Morgan fingerprint density at radius 3 is 2.33 bits per heavy atom. The Hall–Kier alpha value is -1.63. The third-order valence-electron chi connectivity index (χ3n) is 4.36. The molecule has 3 nitrogen and oxygen atoms in total. The molecule has 3 heteroatoms. The molecule has 0 radical (unpaired) electrons. The fraction of sp³-hybridized carbons (Fsp3) is 0.500. The Bertz CT molecular complexity index is 525. The summed E-state index contributed by atoms with van der Waals surface area (Å²) in [5, 5.41) is 8.85. The minimum absolute atomic E-state index is 0.125. The normalized spacial score (nSPS) is 23.6. The van der Waals surface area contributed by atoms with Gasteiger partial charge in [-0.25, -0.2) is 0 Å². The van der Waals surface area contributed by atoms with Crippen LogP contribution in [0.4, 0.5) is 0 Å². The van der Waals surface area contributed by atoms with E-state index in [4.69, 9.17) is 14.7 Å². The van der Waals surface area contributed by atoms with Crippen molar-refractivity contribution in [3.8, 4) is 6.07 Å². The minimum Gasteiger partial charge on any atom is -0.349 e. The molecule has 3 rings (SSSR count). The molecule has 1 aromatic carbocycles. The van der Waals surface area contributed by atoms with E-state index < -0.39 is 0 Å². The molecule has 2 aliphatic rings. The van der Waals surface area contributed by atoms with Gasteiger partial charge >= 0.3 is 0 Å². The van der Waals surface area contributed by atoms with Crippen LogP contribution in [0.25, 0.3) is 0 Å². The number of hydrogen-bond acceptors (Lipinski definition) is 3. The molecule has 1 saturated heterocycles.